The monoisotopic (exact) mass is 307 g/mol. The molecular formula is C15H21N3O2S. The molecule has 0 spiro atoms. The smallest absolute Gasteiger partial charge is 0.254 e. The molecule has 0 saturated carbocycles. The lowest BCUT2D eigenvalue weighted by molar-refractivity contribution is -0.135. The van der Waals surface area contributed by atoms with Crippen molar-refractivity contribution in [2.24, 2.45) is 0 Å². The van der Waals surface area contributed by atoms with Gasteiger partial charge in [-0.2, -0.15) is 11.3 Å². The van der Waals surface area contributed by atoms with E-state index in [9.17, 15) is 9.59 Å². The van der Waals surface area contributed by atoms with Crippen molar-refractivity contribution in [3.8, 4) is 0 Å². The van der Waals surface area contributed by atoms with Crippen LogP contribution in [-0.2, 0) is 4.79 Å². The Morgan fingerprint density at radius 3 is 2.52 bits per heavy atom. The van der Waals surface area contributed by atoms with Gasteiger partial charge in [-0.05, 0) is 30.8 Å². The van der Waals surface area contributed by atoms with Crippen LogP contribution in [0, 0.1) is 0 Å². The first kappa shape index (κ1) is 14.5. The molecule has 5 nitrogen and oxygen atoms in total. The second-order valence-corrected chi connectivity index (χ2v) is 6.41. The fraction of sp³-hybridized carbons (Fsp3) is 0.600. The SMILES string of the molecule is O=C(c1ccsc1)N1CCN(C(=O)[C@@H]2CCCCN2)CC1. The number of carbonyl (C=O) groups is 2. The number of amides is 2. The first-order valence-corrected chi connectivity index (χ1v) is 8.53. The lowest BCUT2D eigenvalue weighted by Crippen LogP contribution is -2.55. The predicted molar refractivity (Wildman–Crippen MR) is 82.4 cm³/mol. The maximum absolute atomic E-state index is 12.4. The third-order valence-corrected chi connectivity index (χ3v) is 4.94. The van der Waals surface area contributed by atoms with E-state index in [0.29, 0.717) is 26.2 Å². The Bertz CT molecular complexity index is 489. The minimum atomic E-state index is -0.0159. The summed E-state index contributed by atoms with van der Waals surface area (Å²) >= 11 is 1.54. The highest BCUT2D eigenvalue weighted by molar-refractivity contribution is 7.08. The first-order chi connectivity index (χ1) is 10.3. The molecule has 1 atom stereocenters. The van der Waals surface area contributed by atoms with Crippen LogP contribution in [-0.4, -0.2) is 60.4 Å². The average Bonchev–Trinajstić information content (AvgIpc) is 3.09. The van der Waals surface area contributed by atoms with Crippen LogP contribution in [0.1, 0.15) is 29.6 Å². The molecule has 0 bridgehead atoms. The summed E-state index contributed by atoms with van der Waals surface area (Å²) in [4.78, 5) is 28.4. The molecule has 3 heterocycles. The van der Waals surface area contributed by atoms with Crippen molar-refractivity contribution in [3.63, 3.8) is 0 Å². The number of nitrogens with zero attached hydrogens (tertiary/aromatic N) is 2. The van der Waals surface area contributed by atoms with Crippen molar-refractivity contribution in [2.45, 2.75) is 25.3 Å². The molecule has 1 aromatic rings. The Hall–Kier alpha value is -1.40. The zero-order valence-electron chi connectivity index (χ0n) is 12.1. The molecule has 114 valence electrons. The molecule has 1 aromatic heterocycles. The highest BCUT2D eigenvalue weighted by atomic mass is 32.1. The van der Waals surface area contributed by atoms with Crippen molar-refractivity contribution < 1.29 is 9.59 Å². The van der Waals surface area contributed by atoms with E-state index in [0.717, 1.165) is 31.4 Å². The summed E-state index contributed by atoms with van der Waals surface area (Å²) in [5, 5.41) is 7.10. The first-order valence-electron chi connectivity index (χ1n) is 7.59. The predicted octanol–water partition coefficient (Wildman–Crippen LogP) is 1.17. The van der Waals surface area contributed by atoms with Crippen molar-refractivity contribution in [1.82, 2.24) is 15.1 Å². The molecule has 21 heavy (non-hydrogen) atoms. The van der Waals surface area contributed by atoms with Crippen molar-refractivity contribution in [3.05, 3.63) is 22.4 Å². The van der Waals surface area contributed by atoms with Crippen LogP contribution in [0.25, 0.3) is 0 Å². The second-order valence-electron chi connectivity index (χ2n) is 5.63. The molecule has 6 heteroatoms. The average molecular weight is 307 g/mol. The van der Waals surface area contributed by atoms with Gasteiger partial charge in [0.25, 0.3) is 5.91 Å². The van der Waals surface area contributed by atoms with Crippen LogP contribution in [0.5, 0.6) is 0 Å². The van der Waals surface area contributed by atoms with Crippen LogP contribution < -0.4 is 5.32 Å². The Kier molecular flexibility index (Phi) is 4.55. The van der Waals surface area contributed by atoms with E-state index in [2.05, 4.69) is 5.32 Å². The van der Waals surface area contributed by atoms with Gasteiger partial charge in [0.1, 0.15) is 0 Å². The quantitative estimate of drug-likeness (QED) is 0.892. The number of rotatable bonds is 2. The largest absolute Gasteiger partial charge is 0.338 e. The molecule has 1 N–H and O–H groups in total. The molecule has 0 unspecified atom stereocenters. The zero-order chi connectivity index (χ0) is 14.7. The van der Waals surface area contributed by atoms with E-state index in [1.54, 1.807) is 0 Å². The minimum absolute atomic E-state index is 0.0159. The van der Waals surface area contributed by atoms with Crippen LogP contribution in [0.4, 0.5) is 0 Å². The molecule has 0 radical (unpaired) electrons. The molecule has 2 fully saturated rings. The number of thiophene rings is 1. The standard InChI is InChI=1S/C15H21N3O2S/c19-14(12-4-10-21-11-12)17-6-8-18(9-7-17)15(20)13-3-1-2-5-16-13/h4,10-11,13,16H,1-3,5-9H2/t13-/m0/s1. The maximum Gasteiger partial charge on any atom is 0.254 e. The summed E-state index contributed by atoms with van der Waals surface area (Å²) in [7, 11) is 0. The van der Waals surface area contributed by atoms with Crippen LogP contribution >= 0.6 is 11.3 Å². The molecule has 2 saturated heterocycles. The van der Waals surface area contributed by atoms with Crippen LogP contribution in [0.3, 0.4) is 0 Å². The van der Waals surface area contributed by atoms with Gasteiger partial charge in [0, 0.05) is 31.6 Å². The van der Waals surface area contributed by atoms with E-state index >= 15 is 0 Å². The second kappa shape index (κ2) is 6.58. The Morgan fingerprint density at radius 2 is 1.90 bits per heavy atom. The van der Waals surface area contributed by atoms with Gasteiger partial charge in [-0.15, -0.1) is 0 Å². The van der Waals surface area contributed by atoms with Gasteiger partial charge in [-0.25, -0.2) is 0 Å². The highest BCUT2D eigenvalue weighted by Gasteiger charge is 2.29. The van der Waals surface area contributed by atoms with Gasteiger partial charge in [-0.3, -0.25) is 9.59 Å². The summed E-state index contributed by atoms with van der Waals surface area (Å²) in [5.74, 6) is 0.288. The van der Waals surface area contributed by atoms with Gasteiger partial charge in [0.15, 0.2) is 0 Å². The zero-order valence-corrected chi connectivity index (χ0v) is 12.9. The number of carbonyl (C=O) groups excluding carboxylic acids is 2. The maximum atomic E-state index is 12.4. The van der Waals surface area contributed by atoms with E-state index in [1.165, 1.54) is 11.3 Å². The third kappa shape index (κ3) is 3.27. The topological polar surface area (TPSA) is 52.7 Å². The van der Waals surface area contributed by atoms with Gasteiger partial charge >= 0.3 is 0 Å². The number of hydrogen-bond acceptors (Lipinski definition) is 4. The van der Waals surface area contributed by atoms with Crippen LogP contribution in [0.15, 0.2) is 16.8 Å². The molecule has 3 rings (SSSR count). The molecular weight excluding hydrogens is 286 g/mol. The number of piperidine rings is 1. The normalized spacial score (nSPS) is 23.1. The third-order valence-electron chi connectivity index (χ3n) is 4.26. The van der Waals surface area contributed by atoms with E-state index in [1.807, 2.05) is 26.6 Å². The summed E-state index contributed by atoms with van der Waals surface area (Å²) in [5.41, 5.74) is 0.758. The highest BCUT2D eigenvalue weighted by Crippen LogP contribution is 2.14. The fourth-order valence-electron chi connectivity index (χ4n) is 2.98. The molecule has 2 aliphatic heterocycles. The summed E-state index contributed by atoms with van der Waals surface area (Å²) in [6.45, 7) is 3.49. The van der Waals surface area contributed by atoms with Gasteiger partial charge in [0.2, 0.25) is 5.91 Å². The van der Waals surface area contributed by atoms with Crippen molar-refractivity contribution in [1.29, 1.82) is 0 Å². The lowest BCUT2D eigenvalue weighted by Gasteiger charge is -2.37. The molecule has 0 aromatic carbocycles. The Morgan fingerprint density at radius 1 is 1.14 bits per heavy atom. The van der Waals surface area contributed by atoms with Gasteiger partial charge in [0.05, 0.1) is 11.6 Å². The van der Waals surface area contributed by atoms with E-state index in [4.69, 9.17) is 0 Å². The molecule has 0 aliphatic carbocycles. The lowest BCUT2D eigenvalue weighted by atomic mass is 10.0. The number of nitrogens with one attached hydrogen (secondary N) is 1. The number of piperazine rings is 1. The van der Waals surface area contributed by atoms with E-state index < -0.39 is 0 Å². The number of hydrogen-bond donors (Lipinski definition) is 1. The fourth-order valence-corrected chi connectivity index (χ4v) is 3.61. The molecule has 2 amide bonds. The Labute approximate surface area is 128 Å². The Balaban J connectivity index is 1.52. The van der Waals surface area contributed by atoms with Crippen LogP contribution in [0.2, 0.25) is 0 Å². The van der Waals surface area contributed by atoms with E-state index in [-0.39, 0.29) is 17.9 Å². The summed E-state index contributed by atoms with van der Waals surface area (Å²) in [6.07, 6.45) is 3.22. The van der Waals surface area contributed by atoms with Crippen molar-refractivity contribution >= 4 is 23.2 Å². The minimum Gasteiger partial charge on any atom is -0.338 e. The molecule has 2 aliphatic rings. The van der Waals surface area contributed by atoms with Gasteiger partial charge in [-0.1, -0.05) is 6.42 Å². The summed E-state index contributed by atoms with van der Waals surface area (Å²) < 4.78 is 0. The van der Waals surface area contributed by atoms with Gasteiger partial charge < -0.3 is 15.1 Å². The summed E-state index contributed by atoms with van der Waals surface area (Å²) in [6, 6.07) is 1.84. The van der Waals surface area contributed by atoms with Crippen molar-refractivity contribution in [2.75, 3.05) is 32.7 Å².